The third-order valence-electron chi connectivity index (χ3n) is 6.29. The number of para-hydroxylation sites is 2. The summed E-state index contributed by atoms with van der Waals surface area (Å²) in [6.45, 7) is 13.1. The van der Waals surface area contributed by atoms with Gasteiger partial charge in [-0.15, -0.1) is 0 Å². The van der Waals surface area contributed by atoms with Crippen molar-refractivity contribution in [1.82, 2.24) is 14.7 Å². The molecular weight excluding hydrogens is 358 g/mol. The van der Waals surface area contributed by atoms with Crippen LogP contribution in [0.3, 0.4) is 0 Å². The molecule has 1 N–H and O–H groups in total. The van der Waals surface area contributed by atoms with E-state index in [4.69, 9.17) is 4.74 Å². The van der Waals surface area contributed by atoms with Gasteiger partial charge in [-0.2, -0.15) is 0 Å². The molecule has 29 heavy (non-hydrogen) atoms. The van der Waals surface area contributed by atoms with Crippen molar-refractivity contribution in [3.63, 3.8) is 0 Å². The number of hydrogen-bond acceptors (Lipinski definition) is 3. The molecule has 2 aliphatic heterocycles. The number of likely N-dealkylation sites (tertiary alicyclic amines) is 1. The van der Waals surface area contributed by atoms with E-state index in [0.29, 0.717) is 0 Å². The quantitative estimate of drug-likeness (QED) is 0.713. The second-order valence-electron chi connectivity index (χ2n) is 8.93. The van der Waals surface area contributed by atoms with E-state index in [-0.39, 0.29) is 6.10 Å². The fourth-order valence-electron chi connectivity index (χ4n) is 4.81. The van der Waals surface area contributed by atoms with Crippen molar-refractivity contribution < 1.29 is 4.74 Å². The Balaban J connectivity index is 1.56. The minimum absolute atomic E-state index is 0.184. The van der Waals surface area contributed by atoms with E-state index in [1.807, 2.05) is 0 Å². The van der Waals surface area contributed by atoms with E-state index < -0.39 is 0 Å². The molecule has 0 radical (unpaired) electrons. The molecule has 2 aliphatic rings. The molecule has 0 aliphatic carbocycles. The standard InChI is InChI=1S/C25H36N3O/c1-21(2)29-25-8-4-3-7-24(25)28(17-13-26-14-18-28)20-23-11-9-22(10-12-23)19-27-15-5-6-16-27/h3-4,7-12,21,26H,5-6,13-20H2,1-2H3/q+1. The zero-order valence-corrected chi connectivity index (χ0v) is 18.1. The van der Waals surface area contributed by atoms with Crippen molar-refractivity contribution in [2.75, 3.05) is 39.3 Å². The number of nitrogens with zero attached hydrogens (tertiary/aromatic N) is 2. The zero-order valence-electron chi connectivity index (χ0n) is 18.1. The van der Waals surface area contributed by atoms with Crippen LogP contribution in [0, 0.1) is 0 Å². The molecule has 0 amide bonds. The first kappa shape index (κ1) is 20.4. The molecule has 2 fully saturated rings. The Kier molecular flexibility index (Phi) is 6.53. The monoisotopic (exact) mass is 394 g/mol. The Morgan fingerprint density at radius 2 is 1.59 bits per heavy atom. The maximum atomic E-state index is 6.21. The Labute approximate surface area is 176 Å². The minimum atomic E-state index is 0.184. The number of piperazine rings is 1. The van der Waals surface area contributed by atoms with Gasteiger partial charge in [0.15, 0.2) is 11.4 Å². The number of ether oxygens (including phenoxy) is 1. The molecule has 0 saturated carbocycles. The molecule has 0 unspecified atom stereocenters. The lowest BCUT2D eigenvalue weighted by Gasteiger charge is -2.42. The van der Waals surface area contributed by atoms with Crippen LogP contribution in [0.5, 0.6) is 5.75 Å². The summed E-state index contributed by atoms with van der Waals surface area (Å²) in [4.78, 5) is 2.57. The fourth-order valence-corrected chi connectivity index (χ4v) is 4.81. The van der Waals surface area contributed by atoms with Crippen molar-refractivity contribution in [2.24, 2.45) is 0 Å². The summed E-state index contributed by atoms with van der Waals surface area (Å²) in [7, 11) is 0. The Hall–Kier alpha value is -1.88. The van der Waals surface area contributed by atoms with Gasteiger partial charge in [0.2, 0.25) is 0 Å². The van der Waals surface area contributed by atoms with Gasteiger partial charge in [-0.1, -0.05) is 36.4 Å². The summed E-state index contributed by atoms with van der Waals surface area (Å²) in [5.74, 6) is 1.04. The van der Waals surface area contributed by atoms with Gasteiger partial charge in [0.1, 0.15) is 6.54 Å². The number of nitrogens with one attached hydrogen (secondary N) is 1. The molecule has 4 heteroatoms. The summed E-state index contributed by atoms with van der Waals surface area (Å²) >= 11 is 0. The SMILES string of the molecule is CC(C)Oc1ccccc1[N+]1(Cc2ccc(CN3CCCC3)cc2)CCNCC1. The Morgan fingerprint density at radius 3 is 2.28 bits per heavy atom. The van der Waals surface area contributed by atoms with Crippen molar-refractivity contribution in [3.8, 4) is 5.75 Å². The minimum Gasteiger partial charge on any atom is -0.485 e. The van der Waals surface area contributed by atoms with E-state index >= 15 is 0 Å². The van der Waals surface area contributed by atoms with E-state index in [1.54, 1.807) is 0 Å². The van der Waals surface area contributed by atoms with Crippen LogP contribution in [-0.4, -0.2) is 50.3 Å². The third-order valence-corrected chi connectivity index (χ3v) is 6.29. The molecule has 4 nitrogen and oxygen atoms in total. The summed E-state index contributed by atoms with van der Waals surface area (Å²) in [6, 6.07) is 18.0. The Morgan fingerprint density at radius 1 is 0.931 bits per heavy atom. The van der Waals surface area contributed by atoms with Crippen LogP contribution >= 0.6 is 0 Å². The van der Waals surface area contributed by atoms with Gasteiger partial charge in [-0.25, -0.2) is 0 Å². The molecule has 2 heterocycles. The number of benzene rings is 2. The molecule has 0 aromatic heterocycles. The number of quaternary nitrogens is 1. The first-order valence-corrected chi connectivity index (χ1v) is 11.3. The van der Waals surface area contributed by atoms with E-state index in [9.17, 15) is 0 Å². The molecule has 0 atom stereocenters. The molecule has 0 bridgehead atoms. The first-order valence-electron chi connectivity index (χ1n) is 11.3. The topological polar surface area (TPSA) is 24.5 Å². The summed E-state index contributed by atoms with van der Waals surface area (Å²) in [5, 5.41) is 3.54. The van der Waals surface area contributed by atoms with Gasteiger partial charge < -0.3 is 10.1 Å². The van der Waals surface area contributed by atoms with Crippen LogP contribution in [-0.2, 0) is 13.1 Å². The van der Waals surface area contributed by atoms with Gasteiger partial charge in [0, 0.05) is 31.3 Å². The molecule has 2 aromatic carbocycles. The van der Waals surface area contributed by atoms with Crippen molar-refractivity contribution >= 4 is 5.69 Å². The predicted octanol–water partition coefficient (Wildman–Crippen LogP) is 4.18. The summed E-state index contributed by atoms with van der Waals surface area (Å²) in [6.07, 6.45) is 2.89. The van der Waals surface area contributed by atoms with Crippen LogP contribution < -0.4 is 14.5 Å². The van der Waals surface area contributed by atoms with Crippen LogP contribution in [0.4, 0.5) is 5.69 Å². The summed E-state index contributed by atoms with van der Waals surface area (Å²) < 4.78 is 7.17. The maximum absolute atomic E-state index is 6.21. The van der Waals surface area contributed by atoms with Gasteiger partial charge in [0.25, 0.3) is 0 Å². The van der Waals surface area contributed by atoms with Crippen LogP contribution in [0.15, 0.2) is 48.5 Å². The van der Waals surface area contributed by atoms with Crippen LogP contribution in [0.25, 0.3) is 0 Å². The predicted molar refractivity (Wildman–Crippen MR) is 121 cm³/mol. The average molecular weight is 395 g/mol. The van der Waals surface area contributed by atoms with E-state index in [0.717, 1.165) is 49.5 Å². The summed E-state index contributed by atoms with van der Waals surface area (Å²) in [5.41, 5.74) is 4.17. The van der Waals surface area contributed by atoms with Crippen molar-refractivity contribution in [2.45, 2.75) is 45.9 Å². The van der Waals surface area contributed by atoms with Crippen LogP contribution in [0.2, 0.25) is 0 Å². The lowest BCUT2D eigenvalue weighted by molar-refractivity contribution is 0.204. The maximum Gasteiger partial charge on any atom is 0.180 e. The highest BCUT2D eigenvalue weighted by molar-refractivity contribution is 5.56. The molecular formula is C25H36N3O+. The van der Waals surface area contributed by atoms with Gasteiger partial charge in [-0.05, 0) is 51.4 Å². The van der Waals surface area contributed by atoms with E-state index in [1.165, 1.54) is 42.7 Å². The van der Waals surface area contributed by atoms with E-state index in [2.05, 4.69) is 72.6 Å². The highest BCUT2D eigenvalue weighted by Gasteiger charge is 2.35. The largest absolute Gasteiger partial charge is 0.485 e. The molecule has 2 saturated heterocycles. The number of rotatable bonds is 7. The third kappa shape index (κ3) is 5.00. The Bertz CT molecular complexity index is 775. The van der Waals surface area contributed by atoms with Gasteiger partial charge >= 0.3 is 0 Å². The van der Waals surface area contributed by atoms with Gasteiger partial charge in [-0.3, -0.25) is 9.38 Å². The number of hydrogen-bond donors (Lipinski definition) is 1. The van der Waals surface area contributed by atoms with Crippen molar-refractivity contribution in [3.05, 3.63) is 59.7 Å². The zero-order chi connectivity index (χ0) is 20.1. The lowest BCUT2D eigenvalue weighted by atomic mass is 10.1. The highest BCUT2D eigenvalue weighted by Crippen LogP contribution is 2.36. The first-order chi connectivity index (χ1) is 14.1. The molecule has 156 valence electrons. The molecule has 0 spiro atoms. The molecule has 2 aromatic rings. The average Bonchev–Trinajstić information content (AvgIpc) is 3.23. The smallest absolute Gasteiger partial charge is 0.180 e. The second kappa shape index (κ2) is 9.29. The normalized spacial score (nSPS) is 19.6. The van der Waals surface area contributed by atoms with Crippen LogP contribution in [0.1, 0.15) is 37.8 Å². The fraction of sp³-hybridized carbons (Fsp3) is 0.520. The highest BCUT2D eigenvalue weighted by atomic mass is 16.5. The lowest BCUT2D eigenvalue weighted by Crippen LogP contribution is -2.59. The van der Waals surface area contributed by atoms with Gasteiger partial charge in [0.05, 0.1) is 19.2 Å². The second-order valence-corrected chi connectivity index (χ2v) is 8.93. The molecule has 4 rings (SSSR count). The van der Waals surface area contributed by atoms with Crippen molar-refractivity contribution in [1.29, 1.82) is 0 Å².